The van der Waals surface area contributed by atoms with Gasteiger partial charge in [0.05, 0.1) is 6.54 Å². The van der Waals surface area contributed by atoms with Gasteiger partial charge in [-0.05, 0) is 24.3 Å². The molecule has 0 aliphatic carbocycles. The number of H-pyrrole nitrogens is 1. The van der Waals surface area contributed by atoms with E-state index >= 15 is 0 Å². The minimum Gasteiger partial charge on any atom is -0.357 e. The van der Waals surface area contributed by atoms with Crippen LogP contribution in [0.2, 0.25) is 0 Å². The first kappa shape index (κ1) is 16.9. The second kappa shape index (κ2) is 6.54. The molecule has 7 nitrogen and oxygen atoms in total. The molecular weight excluding hydrogens is 327 g/mol. The lowest BCUT2D eigenvalue weighted by atomic mass is 10.1. The van der Waals surface area contributed by atoms with Crippen LogP contribution in [0.3, 0.4) is 0 Å². The number of aromatic amines is 1. The summed E-state index contributed by atoms with van der Waals surface area (Å²) in [7, 11) is 1.49. The summed E-state index contributed by atoms with van der Waals surface area (Å²) in [5, 5.41) is 3.12. The van der Waals surface area contributed by atoms with Gasteiger partial charge in [-0.15, -0.1) is 0 Å². The molecule has 25 heavy (non-hydrogen) atoms. The van der Waals surface area contributed by atoms with Crippen molar-refractivity contribution in [3.05, 3.63) is 35.8 Å². The standard InChI is InChI=1S/C17H19FN4O3/c1-10(23)21-5-6-22(15(9-21)16(24)19-2)17(25)14-8-11-7-12(18)3-4-13(11)20-14/h3-4,7-8,15,20H,5-6,9H2,1-2H3,(H,19,24)/t15-/m0/s1. The molecule has 1 aliphatic heterocycles. The van der Waals surface area contributed by atoms with Crippen LogP contribution in [-0.4, -0.2) is 65.2 Å². The average Bonchev–Trinajstić information content (AvgIpc) is 3.02. The minimum absolute atomic E-state index is 0.137. The molecule has 1 aromatic carbocycles. The number of nitrogens with zero attached hydrogens (tertiary/aromatic N) is 2. The summed E-state index contributed by atoms with van der Waals surface area (Å²) in [6.45, 7) is 2.20. The van der Waals surface area contributed by atoms with Crippen molar-refractivity contribution in [3.8, 4) is 0 Å². The van der Waals surface area contributed by atoms with Crippen LogP contribution in [0.5, 0.6) is 0 Å². The van der Waals surface area contributed by atoms with E-state index < -0.39 is 6.04 Å². The van der Waals surface area contributed by atoms with Gasteiger partial charge in [0.15, 0.2) is 0 Å². The summed E-state index contributed by atoms with van der Waals surface area (Å²) < 4.78 is 13.3. The molecule has 0 unspecified atom stereocenters. The third-order valence-corrected chi connectivity index (χ3v) is 4.45. The Bertz CT molecular complexity index is 848. The van der Waals surface area contributed by atoms with Crippen molar-refractivity contribution < 1.29 is 18.8 Å². The Kier molecular flexibility index (Phi) is 4.43. The largest absolute Gasteiger partial charge is 0.357 e. The maximum atomic E-state index is 13.3. The van der Waals surface area contributed by atoms with Crippen LogP contribution in [-0.2, 0) is 9.59 Å². The number of hydrogen-bond acceptors (Lipinski definition) is 3. The maximum absolute atomic E-state index is 13.3. The number of carbonyl (C=O) groups is 3. The van der Waals surface area contributed by atoms with Gasteiger partial charge in [-0.2, -0.15) is 0 Å². The van der Waals surface area contributed by atoms with E-state index in [0.717, 1.165) is 0 Å². The Hall–Kier alpha value is -2.90. The third-order valence-electron chi connectivity index (χ3n) is 4.45. The van der Waals surface area contributed by atoms with Crippen molar-refractivity contribution in [2.45, 2.75) is 13.0 Å². The van der Waals surface area contributed by atoms with Crippen molar-refractivity contribution in [1.82, 2.24) is 20.1 Å². The molecule has 0 spiro atoms. The van der Waals surface area contributed by atoms with Gasteiger partial charge in [-0.3, -0.25) is 14.4 Å². The van der Waals surface area contributed by atoms with Gasteiger partial charge in [0.2, 0.25) is 11.8 Å². The number of nitrogens with one attached hydrogen (secondary N) is 2. The fourth-order valence-electron chi connectivity index (χ4n) is 3.08. The molecule has 2 N–H and O–H groups in total. The van der Waals surface area contributed by atoms with E-state index in [1.54, 1.807) is 17.0 Å². The highest BCUT2D eigenvalue weighted by Gasteiger charge is 2.36. The molecule has 132 valence electrons. The molecule has 1 saturated heterocycles. The van der Waals surface area contributed by atoms with Crippen LogP contribution in [0.1, 0.15) is 17.4 Å². The number of amides is 3. The number of likely N-dealkylation sites (N-methyl/N-ethyl adjacent to an activating group) is 1. The number of halogens is 1. The van der Waals surface area contributed by atoms with Crippen LogP contribution >= 0.6 is 0 Å². The smallest absolute Gasteiger partial charge is 0.271 e. The summed E-state index contributed by atoms with van der Waals surface area (Å²) in [4.78, 5) is 42.6. The second-order valence-corrected chi connectivity index (χ2v) is 6.01. The summed E-state index contributed by atoms with van der Waals surface area (Å²) in [5.41, 5.74) is 0.925. The first-order valence-electron chi connectivity index (χ1n) is 7.97. The van der Waals surface area contributed by atoms with E-state index in [4.69, 9.17) is 0 Å². The Morgan fingerprint density at radius 2 is 2.00 bits per heavy atom. The fourth-order valence-corrected chi connectivity index (χ4v) is 3.08. The first-order chi connectivity index (χ1) is 11.9. The van der Waals surface area contributed by atoms with Crippen molar-refractivity contribution in [2.75, 3.05) is 26.7 Å². The second-order valence-electron chi connectivity index (χ2n) is 6.01. The van der Waals surface area contributed by atoms with Crippen molar-refractivity contribution in [2.24, 2.45) is 0 Å². The first-order valence-corrected chi connectivity index (χ1v) is 7.97. The van der Waals surface area contributed by atoms with E-state index in [2.05, 4.69) is 10.3 Å². The number of benzene rings is 1. The molecule has 0 radical (unpaired) electrons. The molecule has 3 amide bonds. The Morgan fingerprint density at radius 3 is 2.68 bits per heavy atom. The average molecular weight is 346 g/mol. The third kappa shape index (κ3) is 3.19. The van der Waals surface area contributed by atoms with E-state index in [1.165, 1.54) is 31.0 Å². The number of piperazine rings is 1. The predicted molar refractivity (Wildman–Crippen MR) is 89.4 cm³/mol. The normalized spacial score (nSPS) is 17.6. The van der Waals surface area contributed by atoms with E-state index in [-0.39, 0.29) is 42.3 Å². The summed E-state index contributed by atoms with van der Waals surface area (Å²) in [5.74, 6) is -1.21. The van der Waals surface area contributed by atoms with Gasteiger partial charge in [0, 0.05) is 38.0 Å². The molecule has 1 fully saturated rings. The quantitative estimate of drug-likeness (QED) is 0.840. The highest BCUT2D eigenvalue weighted by Crippen LogP contribution is 2.20. The van der Waals surface area contributed by atoms with Gasteiger partial charge in [0.25, 0.3) is 5.91 Å². The Balaban J connectivity index is 1.90. The van der Waals surface area contributed by atoms with Gasteiger partial charge in [-0.25, -0.2) is 4.39 Å². The van der Waals surface area contributed by atoms with Crippen molar-refractivity contribution >= 4 is 28.6 Å². The summed E-state index contributed by atoms with van der Waals surface area (Å²) >= 11 is 0. The predicted octanol–water partition coefficient (Wildman–Crippen LogP) is 0.726. The molecule has 0 bridgehead atoms. The highest BCUT2D eigenvalue weighted by atomic mass is 19.1. The van der Waals surface area contributed by atoms with Crippen LogP contribution in [0, 0.1) is 5.82 Å². The Labute approximate surface area is 143 Å². The lowest BCUT2D eigenvalue weighted by Crippen LogP contribution is -2.61. The highest BCUT2D eigenvalue weighted by molar-refractivity contribution is 6.00. The van der Waals surface area contributed by atoms with Crippen molar-refractivity contribution in [3.63, 3.8) is 0 Å². The lowest BCUT2D eigenvalue weighted by Gasteiger charge is -2.39. The van der Waals surface area contributed by atoms with Gasteiger partial charge in [0.1, 0.15) is 17.6 Å². The molecule has 2 heterocycles. The zero-order valence-corrected chi connectivity index (χ0v) is 14.0. The maximum Gasteiger partial charge on any atom is 0.271 e. The zero-order valence-electron chi connectivity index (χ0n) is 14.0. The fraction of sp³-hybridized carbons (Fsp3) is 0.353. The number of rotatable bonds is 2. The molecule has 0 saturated carbocycles. The number of aromatic nitrogens is 1. The van der Waals surface area contributed by atoms with Crippen LogP contribution < -0.4 is 5.32 Å². The van der Waals surface area contributed by atoms with Crippen molar-refractivity contribution in [1.29, 1.82) is 0 Å². The van der Waals surface area contributed by atoms with Crippen LogP contribution in [0.15, 0.2) is 24.3 Å². The SMILES string of the molecule is CNC(=O)[C@@H]1CN(C(C)=O)CCN1C(=O)c1cc2cc(F)ccc2[nH]1. The van der Waals surface area contributed by atoms with Gasteiger partial charge >= 0.3 is 0 Å². The monoisotopic (exact) mass is 346 g/mol. The zero-order chi connectivity index (χ0) is 18.1. The molecule has 8 heteroatoms. The molecule has 1 aliphatic rings. The molecular formula is C17H19FN4O3. The topological polar surface area (TPSA) is 85.5 Å². The van der Waals surface area contributed by atoms with E-state index in [1.807, 2.05) is 0 Å². The summed E-state index contributed by atoms with van der Waals surface area (Å²) in [6.07, 6.45) is 0. The molecule has 2 aromatic rings. The molecule has 3 rings (SSSR count). The Morgan fingerprint density at radius 1 is 1.24 bits per heavy atom. The van der Waals surface area contributed by atoms with E-state index in [9.17, 15) is 18.8 Å². The molecule has 1 aromatic heterocycles. The number of carbonyl (C=O) groups excluding carboxylic acids is 3. The summed E-state index contributed by atoms with van der Waals surface area (Å²) in [6, 6.07) is 5.02. The lowest BCUT2D eigenvalue weighted by molar-refractivity contribution is -0.135. The van der Waals surface area contributed by atoms with Gasteiger partial charge in [-0.1, -0.05) is 0 Å². The van der Waals surface area contributed by atoms with E-state index in [0.29, 0.717) is 17.4 Å². The molecule has 1 atom stereocenters. The van der Waals surface area contributed by atoms with Crippen LogP contribution in [0.25, 0.3) is 10.9 Å². The number of hydrogen-bond donors (Lipinski definition) is 2. The minimum atomic E-state index is -0.765. The van der Waals surface area contributed by atoms with Crippen LogP contribution in [0.4, 0.5) is 4.39 Å². The number of fused-ring (bicyclic) bond motifs is 1. The van der Waals surface area contributed by atoms with Gasteiger partial charge < -0.3 is 20.1 Å².